The van der Waals surface area contributed by atoms with Gasteiger partial charge < -0.3 is 15.0 Å². The molecule has 2 aromatic rings. The topological polar surface area (TPSA) is 67.4 Å². The molecule has 6 heteroatoms. The van der Waals surface area contributed by atoms with E-state index < -0.39 is 0 Å². The highest BCUT2D eigenvalue weighted by Crippen LogP contribution is 2.27. The van der Waals surface area contributed by atoms with Gasteiger partial charge in [0, 0.05) is 37.6 Å². The minimum Gasteiger partial charge on any atom is -0.478 e. The minimum atomic E-state index is -0.00590. The first-order valence-corrected chi connectivity index (χ1v) is 8.21. The van der Waals surface area contributed by atoms with Crippen molar-refractivity contribution in [2.24, 2.45) is 5.92 Å². The Kier molecular flexibility index (Phi) is 5.25. The summed E-state index contributed by atoms with van der Waals surface area (Å²) >= 11 is 0. The molecule has 1 aliphatic heterocycles. The van der Waals surface area contributed by atoms with Crippen molar-refractivity contribution < 1.29 is 9.53 Å². The molecule has 0 unspecified atom stereocenters. The first-order valence-electron chi connectivity index (χ1n) is 8.21. The third-order valence-electron chi connectivity index (χ3n) is 4.34. The second-order valence-electron chi connectivity index (χ2n) is 5.90. The van der Waals surface area contributed by atoms with E-state index in [2.05, 4.69) is 20.2 Å². The molecular formula is C18H22N4O2. The van der Waals surface area contributed by atoms with Crippen LogP contribution in [0.4, 0.5) is 5.82 Å². The molecule has 3 rings (SSSR count). The highest BCUT2D eigenvalue weighted by Gasteiger charge is 2.23. The first-order chi connectivity index (χ1) is 11.8. The number of rotatable bonds is 5. The van der Waals surface area contributed by atoms with Crippen LogP contribution in [0, 0.1) is 5.92 Å². The molecule has 6 nitrogen and oxygen atoms in total. The van der Waals surface area contributed by atoms with E-state index in [0.717, 1.165) is 31.7 Å². The molecule has 1 fully saturated rings. The lowest BCUT2D eigenvalue weighted by atomic mass is 9.96. The Morgan fingerprint density at radius 2 is 1.92 bits per heavy atom. The Hall–Kier alpha value is -2.63. The van der Waals surface area contributed by atoms with Crippen molar-refractivity contribution in [3.8, 4) is 5.88 Å². The number of hydrogen-bond acceptors (Lipinski definition) is 5. The molecule has 0 saturated carbocycles. The highest BCUT2D eigenvalue weighted by atomic mass is 16.5. The Labute approximate surface area is 141 Å². The number of piperidine rings is 1. The number of aromatic nitrogens is 2. The number of anilines is 1. The molecule has 0 atom stereocenters. The molecule has 0 spiro atoms. The SMILES string of the molecule is COc1nccnc1N1CCC(CNC(=O)c2ccccc2)CC1. The van der Waals surface area contributed by atoms with Crippen LogP contribution in [0.15, 0.2) is 42.7 Å². The fourth-order valence-corrected chi connectivity index (χ4v) is 2.96. The fourth-order valence-electron chi connectivity index (χ4n) is 2.96. The number of amides is 1. The van der Waals surface area contributed by atoms with Crippen LogP contribution in [0.1, 0.15) is 23.2 Å². The van der Waals surface area contributed by atoms with Gasteiger partial charge in [0.15, 0.2) is 5.82 Å². The minimum absolute atomic E-state index is 0.00590. The Bertz CT molecular complexity index is 670. The monoisotopic (exact) mass is 326 g/mol. The Morgan fingerprint density at radius 3 is 2.62 bits per heavy atom. The van der Waals surface area contributed by atoms with Gasteiger partial charge in [0.05, 0.1) is 7.11 Å². The zero-order chi connectivity index (χ0) is 16.8. The van der Waals surface area contributed by atoms with Gasteiger partial charge >= 0.3 is 0 Å². The maximum absolute atomic E-state index is 12.1. The van der Waals surface area contributed by atoms with Crippen molar-refractivity contribution in [2.45, 2.75) is 12.8 Å². The predicted molar refractivity (Wildman–Crippen MR) is 92.3 cm³/mol. The van der Waals surface area contributed by atoms with Crippen LogP contribution in [0.3, 0.4) is 0 Å². The van der Waals surface area contributed by atoms with Crippen molar-refractivity contribution in [3.63, 3.8) is 0 Å². The van der Waals surface area contributed by atoms with Crippen molar-refractivity contribution in [2.75, 3.05) is 31.6 Å². The van der Waals surface area contributed by atoms with Gasteiger partial charge in [0.1, 0.15) is 0 Å². The molecule has 1 aromatic carbocycles. The van der Waals surface area contributed by atoms with Crippen LogP contribution < -0.4 is 15.0 Å². The summed E-state index contributed by atoms with van der Waals surface area (Å²) in [5, 5.41) is 3.04. The Morgan fingerprint density at radius 1 is 1.21 bits per heavy atom. The summed E-state index contributed by atoms with van der Waals surface area (Å²) < 4.78 is 5.28. The molecule has 0 bridgehead atoms. The molecule has 1 saturated heterocycles. The number of hydrogen-bond donors (Lipinski definition) is 1. The van der Waals surface area contributed by atoms with Gasteiger partial charge in [-0.25, -0.2) is 9.97 Å². The summed E-state index contributed by atoms with van der Waals surface area (Å²) in [7, 11) is 1.61. The lowest BCUT2D eigenvalue weighted by Crippen LogP contribution is -2.39. The van der Waals surface area contributed by atoms with Crippen molar-refractivity contribution in [1.82, 2.24) is 15.3 Å². The number of benzene rings is 1. The van der Waals surface area contributed by atoms with Gasteiger partial charge in [-0.2, -0.15) is 0 Å². The molecule has 2 heterocycles. The van der Waals surface area contributed by atoms with Crippen LogP contribution in [0.25, 0.3) is 0 Å². The van der Waals surface area contributed by atoms with Crippen molar-refractivity contribution in [3.05, 3.63) is 48.3 Å². The number of methoxy groups -OCH3 is 1. The molecule has 1 aromatic heterocycles. The molecule has 1 aliphatic rings. The van der Waals surface area contributed by atoms with E-state index in [1.54, 1.807) is 19.5 Å². The molecule has 0 aliphatic carbocycles. The third-order valence-corrected chi connectivity index (χ3v) is 4.34. The normalized spacial score (nSPS) is 15.1. The lowest BCUT2D eigenvalue weighted by Gasteiger charge is -2.33. The third kappa shape index (κ3) is 3.82. The van der Waals surface area contributed by atoms with Gasteiger partial charge in [0.2, 0.25) is 0 Å². The maximum atomic E-state index is 12.1. The summed E-state index contributed by atoms with van der Waals surface area (Å²) in [4.78, 5) is 22.9. The lowest BCUT2D eigenvalue weighted by molar-refractivity contribution is 0.0945. The van der Waals surface area contributed by atoms with Crippen molar-refractivity contribution >= 4 is 11.7 Å². The zero-order valence-corrected chi connectivity index (χ0v) is 13.8. The van der Waals surface area contributed by atoms with Gasteiger partial charge in [0.25, 0.3) is 11.8 Å². The maximum Gasteiger partial charge on any atom is 0.257 e. The largest absolute Gasteiger partial charge is 0.478 e. The second-order valence-corrected chi connectivity index (χ2v) is 5.90. The summed E-state index contributed by atoms with van der Waals surface area (Å²) in [6.45, 7) is 2.49. The van der Waals surface area contributed by atoms with E-state index in [0.29, 0.717) is 23.9 Å². The first kappa shape index (κ1) is 16.2. The average Bonchev–Trinajstić information content (AvgIpc) is 2.67. The number of nitrogens with zero attached hydrogens (tertiary/aromatic N) is 3. The van der Waals surface area contributed by atoms with Gasteiger partial charge in [-0.15, -0.1) is 0 Å². The van der Waals surface area contributed by atoms with E-state index in [-0.39, 0.29) is 5.91 Å². The van der Waals surface area contributed by atoms with Gasteiger partial charge in [-0.3, -0.25) is 4.79 Å². The molecule has 1 N–H and O–H groups in total. The Balaban J connectivity index is 1.50. The van der Waals surface area contributed by atoms with Gasteiger partial charge in [-0.05, 0) is 30.9 Å². The van der Waals surface area contributed by atoms with E-state index in [9.17, 15) is 4.79 Å². The van der Waals surface area contributed by atoms with E-state index in [1.165, 1.54) is 0 Å². The van der Waals surface area contributed by atoms with E-state index in [1.807, 2.05) is 30.3 Å². The summed E-state index contributed by atoms with van der Waals surface area (Å²) in [5.74, 6) is 1.84. The highest BCUT2D eigenvalue weighted by molar-refractivity contribution is 5.94. The second kappa shape index (κ2) is 7.77. The van der Waals surface area contributed by atoms with Crippen molar-refractivity contribution in [1.29, 1.82) is 0 Å². The zero-order valence-electron chi connectivity index (χ0n) is 13.8. The van der Waals surface area contributed by atoms with Crippen LogP contribution >= 0.6 is 0 Å². The number of ether oxygens (including phenoxy) is 1. The number of carbonyl (C=O) groups excluding carboxylic acids is 1. The smallest absolute Gasteiger partial charge is 0.257 e. The predicted octanol–water partition coefficient (Wildman–Crippen LogP) is 2.13. The fraction of sp³-hybridized carbons (Fsp3) is 0.389. The van der Waals surface area contributed by atoms with Crippen LogP contribution in [-0.4, -0.2) is 42.6 Å². The molecule has 1 amide bonds. The van der Waals surface area contributed by atoms with E-state index >= 15 is 0 Å². The van der Waals surface area contributed by atoms with Crippen LogP contribution in [0.2, 0.25) is 0 Å². The molecule has 0 radical (unpaired) electrons. The molecule has 126 valence electrons. The standard InChI is InChI=1S/C18H22N4O2/c1-24-18-16(19-9-10-20-18)22-11-7-14(8-12-22)13-21-17(23)15-5-3-2-4-6-15/h2-6,9-10,14H,7-8,11-13H2,1H3,(H,21,23). The summed E-state index contributed by atoms with van der Waals surface area (Å²) in [6.07, 6.45) is 5.34. The average molecular weight is 326 g/mol. The van der Waals surface area contributed by atoms with E-state index in [4.69, 9.17) is 4.74 Å². The quantitative estimate of drug-likeness (QED) is 0.912. The number of nitrogens with one attached hydrogen (secondary N) is 1. The molecule has 24 heavy (non-hydrogen) atoms. The van der Waals surface area contributed by atoms with Crippen LogP contribution in [-0.2, 0) is 0 Å². The summed E-state index contributed by atoms with van der Waals surface area (Å²) in [5.41, 5.74) is 0.708. The summed E-state index contributed by atoms with van der Waals surface area (Å²) in [6, 6.07) is 9.33. The number of carbonyl (C=O) groups is 1. The van der Waals surface area contributed by atoms with Crippen LogP contribution in [0.5, 0.6) is 5.88 Å². The van der Waals surface area contributed by atoms with Gasteiger partial charge in [-0.1, -0.05) is 18.2 Å². The molecular weight excluding hydrogens is 304 g/mol.